The van der Waals surface area contributed by atoms with Crippen LogP contribution in [0.25, 0.3) is 0 Å². The van der Waals surface area contributed by atoms with Gasteiger partial charge in [-0.1, -0.05) is 12.1 Å². The van der Waals surface area contributed by atoms with Crippen molar-refractivity contribution in [3.05, 3.63) is 29.8 Å². The van der Waals surface area contributed by atoms with Crippen LogP contribution in [0.2, 0.25) is 0 Å². The average Bonchev–Trinajstić information content (AvgIpc) is 2.72. The Hall–Kier alpha value is -1.53. The molecule has 11 heteroatoms. The second-order valence-electron chi connectivity index (χ2n) is 7.34. The van der Waals surface area contributed by atoms with Crippen LogP contribution in [0.4, 0.5) is 0 Å². The van der Waals surface area contributed by atoms with Crippen LogP contribution in [0.1, 0.15) is 18.4 Å². The summed E-state index contributed by atoms with van der Waals surface area (Å²) in [6.45, 7) is 2.36. The van der Waals surface area contributed by atoms with Gasteiger partial charge in [0, 0.05) is 32.7 Å². The first kappa shape index (κ1) is 22.2. The van der Waals surface area contributed by atoms with E-state index in [4.69, 9.17) is 4.74 Å². The molecule has 162 valence electrons. The van der Waals surface area contributed by atoms with Crippen LogP contribution in [0.15, 0.2) is 29.2 Å². The molecule has 0 bridgehead atoms. The molecule has 0 unspecified atom stereocenters. The minimum Gasteiger partial charge on any atom is -0.379 e. The van der Waals surface area contributed by atoms with Gasteiger partial charge in [-0.25, -0.2) is 21.1 Å². The molecule has 3 rings (SSSR count). The molecule has 0 radical (unpaired) electrons. The second kappa shape index (κ2) is 9.09. The highest BCUT2D eigenvalue weighted by molar-refractivity contribution is 7.89. The van der Waals surface area contributed by atoms with Crippen LogP contribution < -0.4 is 5.32 Å². The molecule has 2 aliphatic rings. The largest absolute Gasteiger partial charge is 0.379 e. The van der Waals surface area contributed by atoms with Crippen molar-refractivity contribution in [2.24, 2.45) is 5.92 Å². The van der Waals surface area contributed by atoms with Gasteiger partial charge in [-0.15, -0.1) is 0 Å². The summed E-state index contributed by atoms with van der Waals surface area (Å²) in [5, 5.41) is 2.83. The SMILES string of the molecule is CS(=O)(=O)N1CCC[C@@H](C(=O)NCc2ccc(S(=O)(=O)N3CCOCC3)cc2)C1. The monoisotopic (exact) mass is 445 g/mol. The predicted molar refractivity (Wildman–Crippen MR) is 107 cm³/mol. The molecule has 0 aromatic heterocycles. The topological polar surface area (TPSA) is 113 Å². The highest BCUT2D eigenvalue weighted by Crippen LogP contribution is 2.20. The Morgan fingerprint density at radius 2 is 1.72 bits per heavy atom. The number of carbonyl (C=O) groups is 1. The van der Waals surface area contributed by atoms with Crippen molar-refractivity contribution in [2.75, 3.05) is 45.6 Å². The van der Waals surface area contributed by atoms with E-state index in [9.17, 15) is 21.6 Å². The maximum absolute atomic E-state index is 12.6. The molecule has 2 heterocycles. The van der Waals surface area contributed by atoms with E-state index in [-0.39, 0.29) is 29.8 Å². The molecule has 1 amide bonds. The van der Waals surface area contributed by atoms with Gasteiger partial charge in [0.1, 0.15) is 0 Å². The normalized spacial score (nSPS) is 22.3. The van der Waals surface area contributed by atoms with Crippen molar-refractivity contribution in [3.63, 3.8) is 0 Å². The van der Waals surface area contributed by atoms with Gasteiger partial charge in [-0.3, -0.25) is 4.79 Å². The van der Waals surface area contributed by atoms with Crippen LogP contribution in [0.5, 0.6) is 0 Å². The first-order valence-electron chi connectivity index (χ1n) is 9.57. The Labute approximate surface area is 172 Å². The summed E-state index contributed by atoms with van der Waals surface area (Å²) in [6, 6.07) is 6.44. The zero-order valence-electron chi connectivity index (χ0n) is 16.4. The minimum atomic E-state index is -3.54. The molecule has 1 N–H and O–H groups in total. The lowest BCUT2D eigenvalue weighted by molar-refractivity contribution is -0.126. The van der Waals surface area contributed by atoms with Gasteiger partial charge >= 0.3 is 0 Å². The minimum absolute atomic E-state index is 0.191. The molecule has 0 saturated carbocycles. The van der Waals surface area contributed by atoms with Crippen molar-refractivity contribution >= 4 is 26.0 Å². The predicted octanol–water partition coefficient (Wildman–Crippen LogP) is -0.00470. The van der Waals surface area contributed by atoms with Gasteiger partial charge < -0.3 is 10.1 Å². The maximum Gasteiger partial charge on any atom is 0.243 e. The number of piperidine rings is 1. The van der Waals surface area contributed by atoms with Crippen molar-refractivity contribution in [3.8, 4) is 0 Å². The summed E-state index contributed by atoms with van der Waals surface area (Å²) < 4.78 is 56.6. The Balaban J connectivity index is 1.57. The molecule has 2 saturated heterocycles. The van der Waals surface area contributed by atoms with E-state index in [0.29, 0.717) is 45.7 Å². The van der Waals surface area contributed by atoms with Crippen LogP contribution in [0.3, 0.4) is 0 Å². The van der Waals surface area contributed by atoms with E-state index in [1.54, 1.807) is 12.1 Å². The van der Waals surface area contributed by atoms with Crippen molar-refractivity contribution in [1.82, 2.24) is 13.9 Å². The van der Waals surface area contributed by atoms with Gasteiger partial charge in [0.15, 0.2) is 0 Å². The van der Waals surface area contributed by atoms with Gasteiger partial charge in [0.2, 0.25) is 26.0 Å². The molecule has 0 spiro atoms. The number of sulfonamides is 2. The number of ether oxygens (including phenoxy) is 1. The summed E-state index contributed by atoms with van der Waals surface area (Å²) in [5.74, 6) is -0.567. The summed E-state index contributed by atoms with van der Waals surface area (Å²) in [6.07, 6.45) is 2.45. The fourth-order valence-electron chi connectivity index (χ4n) is 3.51. The zero-order valence-corrected chi connectivity index (χ0v) is 18.0. The summed E-state index contributed by atoms with van der Waals surface area (Å²) >= 11 is 0. The van der Waals surface area contributed by atoms with Crippen molar-refractivity contribution < 1.29 is 26.4 Å². The van der Waals surface area contributed by atoms with E-state index in [2.05, 4.69) is 5.32 Å². The standard InChI is InChI=1S/C18H27N3O6S2/c1-28(23,24)21-8-2-3-16(14-21)18(22)19-13-15-4-6-17(7-5-15)29(25,26)20-9-11-27-12-10-20/h4-7,16H,2-3,8-14H2,1H3,(H,19,22)/t16-/m1/s1. The van der Waals surface area contributed by atoms with Gasteiger partial charge in [0.25, 0.3) is 0 Å². The van der Waals surface area contributed by atoms with Gasteiger partial charge in [0.05, 0.1) is 30.3 Å². The average molecular weight is 446 g/mol. The van der Waals surface area contributed by atoms with Crippen LogP contribution >= 0.6 is 0 Å². The van der Waals surface area contributed by atoms with E-state index in [0.717, 1.165) is 11.8 Å². The van der Waals surface area contributed by atoms with E-state index in [1.807, 2.05) is 0 Å². The molecule has 2 fully saturated rings. The quantitative estimate of drug-likeness (QED) is 0.659. The number of nitrogens with one attached hydrogen (secondary N) is 1. The number of amides is 1. The molecule has 1 aromatic rings. The maximum atomic E-state index is 12.6. The van der Waals surface area contributed by atoms with Crippen LogP contribution in [-0.2, 0) is 36.1 Å². The molecule has 1 atom stereocenters. The summed E-state index contributed by atoms with van der Waals surface area (Å²) in [5.41, 5.74) is 0.773. The number of morpholine rings is 1. The second-order valence-corrected chi connectivity index (χ2v) is 11.3. The molecule has 29 heavy (non-hydrogen) atoms. The molecule has 2 aliphatic heterocycles. The van der Waals surface area contributed by atoms with E-state index < -0.39 is 20.0 Å². The van der Waals surface area contributed by atoms with Gasteiger partial charge in [-0.05, 0) is 30.5 Å². The van der Waals surface area contributed by atoms with Crippen molar-refractivity contribution in [1.29, 1.82) is 0 Å². The molecule has 9 nitrogen and oxygen atoms in total. The fourth-order valence-corrected chi connectivity index (χ4v) is 5.83. The molecule has 0 aliphatic carbocycles. The highest BCUT2D eigenvalue weighted by Gasteiger charge is 2.30. The number of benzene rings is 1. The third-order valence-corrected chi connectivity index (χ3v) is 8.40. The molecule has 1 aromatic carbocycles. The number of hydrogen-bond donors (Lipinski definition) is 1. The molecular formula is C18H27N3O6S2. The zero-order chi connectivity index (χ0) is 21.1. The van der Waals surface area contributed by atoms with Crippen molar-refractivity contribution in [2.45, 2.75) is 24.3 Å². The Bertz CT molecular complexity index is 925. The lowest BCUT2D eigenvalue weighted by Gasteiger charge is -2.30. The smallest absolute Gasteiger partial charge is 0.243 e. The number of rotatable bonds is 6. The summed E-state index contributed by atoms with van der Waals surface area (Å²) in [4.78, 5) is 12.6. The van der Waals surface area contributed by atoms with Crippen LogP contribution in [0, 0.1) is 5.92 Å². The highest BCUT2D eigenvalue weighted by atomic mass is 32.2. The Morgan fingerprint density at radius 1 is 1.07 bits per heavy atom. The Morgan fingerprint density at radius 3 is 2.34 bits per heavy atom. The van der Waals surface area contributed by atoms with Crippen LogP contribution in [-0.4, -0.2) is 77.0 Å². The third kappa shape index (κ3) is 5.54. The number of carbonyl (C=O) groups excluding carboxylic acids is 1. The number of hydrogen-bond acceptors (Lipinski definition) is 6. The lowest BCUT2D eigenvalue weighted by Crippen LogP contribution is -2.44. The van der Waals surface area contributed by atoms with E-state index >= 15 is 0 Å². The third-order valence-electron chi connectivity index (χ3n) is 5.22. The summed E-state index contributed by atoms with van der Waals surface area (Å²) in [7, 11) is -6.85. The molecular weight excluding hydrogens is 418 g/mol. The first-order valence-corrected chi connectivity index (χ1v) is 12.9. The number of nitrogens with zero attached hydrogens (tertiary/aromatic N) is 2. The van der Waals surface area contributed by atoms with Gasteiger partial charge in [-0.2, -0.15) is 4.31 Å². The lowest BCUT2D eigenvalue weighted by atomic mass is 9.99. The van der Waals surface area contributed by atoms with E-state index in [1.165, 1.54) is 20.7 Å². The fraction of sp³-hybridized carbons (Fsp3) is 0.611. The Kier molecular flexibility index (Phi) is 6.94. The first-order chi connectivity index (χ1) is 13.7.